The van der Waals surface area contributed by atoms with Crippen molar-refractivity contribution in [2.75, 3.05) is 32.8 Å². The Hall–Kier alpha value is -8.80. The topological polar surface area (TPSA) is 286 Å². The minimum Gasteiger partial charge on any atom is -0.459 e. The minimum absolute atomic E-state index is 0. The van der Waals surface area contributed by atoms with Crippen LogP contribution in [0.15, 0.2) is 146 Å². The van der Waals surface area contributed by atoms with Gasteiger partial charge in [-0.2, -0.15) is 0 Å². The van der Waals surface area contributed by atoms with Gasteiger partial charge in [0.15, 0.2) is 0 Å². The second-order valence-electron chi connectivity index (χ2n) is 35.9. The number of carbonyl (C=O) groups excluding carboxylic acids is 8. The van der Waals surface area contributed by atoms with Gasteiger partial charge in [0.1, 0.15) is 19.5 Å². The van der Waals surface area contributed by atoms with Crippen molar-refractivity contribution in [3.8, 4) is 0 Å². The lowest BCUT2D eigenvalue weighted by atomic mass is 10.0. The van der Waals surface area contributed by atoms with Crippen molar-refractivity contribution in [2.24, 2.45) is 0 Å². The number of rotatable bonds is 48. The molecule has 4 amide bonds. The number of hydrogen-bond donors (Lipinski definition) is 4. The Bertz CT molecular complexity index is 4230. The lowest BCUT2D eigenvalue weighted by molar-refractivity contribution is -0.118. The van der Waals surface area contributed by atoms with Crippen molar-refractivity contribution in [1.29, 1.82) is 0 Å². The SMILES string of the molecule is C.CCCCC[C@@H](O)c1ccc(N2C(=O)CC[C@@H]2CCCc2ccc(C(=O)OC(C)C)s2)cc1.CCCCC[C@@H](O)c1ccc(N2C(=O)CC[C@@H]2COCc2ccc(C(=O)OC(C)C)s2)cc1.CCCCC[C@H](O)c1ccc(N2C(=O)CC[C@@H]2CCCc2ccc(C(=O)OC(C)C)s2)cc1.CCCCC[C@H](O)c1ccc(N2C(=O)CC[C@@H]2COCc2ccc(C(=O)OC(C)C)s2)cc1. The van der Waals surface area contributed by atoms with E-state index in [-0.39, 0.29) is 104 Å². The Morgan fingerprint density at radius 2 is 0.541 bits per heavy atom. The molecule has 8 atom stereocenters. The number of aliphatic hydroxyl groups is 4. The van der Waals surface area contributed by atoms with Crippen LogP contribution in [0.1, 0.15) is 375 Å². The highest BCUT2D eigenvalue weighted by Crippen LogP contribution is 2.38. The molecule has 0 saturated carbocycles. The van der Waals surface area contributed by atoms with Gasteiger partial charge in [-0.25, -0.2) is 19.2 Å². The zero-order valence-electron chi connectivity index (χ0n) is 79.8. The number of hydrogen-bond acceptors (Lipinski definition) is 22. The molecule has 0 unspecified atom stereocenters. The molecule has 8 heterocycles. The maximum Gasteiger partial charge on any atom is 0.348 e. The number of anilines is 4. The highest BCUT2D eigenvalue weighted by molar-refractivity contribution is 7.15. The van der Waals surface area contributed by atoms with E-state index in [1.165, 1.54) is 55.1 Å². The largest absolute Gasteiger partial charge is 0.459 e. The molecule has 4 fully saturated rings. The summed E-state index contributed by atoms with van der Waals surface area (Å²) in [4.78, 5) is 113. The Labute approximate surface area is 806 Å². The zero-order chi connectivity index (χ0) is 95.2. The van der Waals surface area contributed by atoms with Gasteiger partial charge < -0.3 is 68.4 Å². The number of unbranched alkanes of at least 4 members (excludes halogenated alkanes) is 8. The zero-order valence-corrected chi connectivity index (χ0v) is 83.0. The molecule has 728 valence electrons. The first kappa shape index (κ1) is 110. The normalized spacial score (nSPS) is 16.9. The molecule has 4 aliphatic heterocycles. The molecule has 26 heteroatoms. The first-order valence-corrected chi connectivity index (χ1v) is 51.6. The number of benzene rings is 4. The van der Waals surface area contributed by atoms with Crippen molar-refractivity contribution in [3.63, 3.8) is 0 Å². The van der Waals surface area contributed by atoms with E-state index >= 15 is 0 Å². The lowest BCUT2D eigenvalue weighted by Gasteiger charge is -2.25. The molecular weight excluding hydrogens is 1760 g/mol. The Morgan fingerprint density at radius 1 is 0.316 bits per heavy atom. The van der Waals surface area contributed by atoms with Crippen LogP contribution in [0.4, 0.5) is 22.7 Å². The van der Waals surface area contributed by atoms with Crippen LogP contribution in [-0.4, -0.2) is 130 Å². The van der Waals surface area contributed by atoms with E-state index in [0.29, 0.717) is 71.6 Å². The summed E-state index contributed by atoms with van der Waals surface area (Å²) in [6.07, 6.45) is 24.8. The van der Waals surface area contributed by atoms with Crippen LogP contribution >= 0.6 is 45.3 Å². The van der Waals surface area contributed by atoms with Gasteiger partial charge in [0.05, 0.1) is 87.3 Å². The van der Waals surface area contributed by atoms with Gasteiger partial charge >= 0.3 is 23.9 Å². The molecule has 4 saturated heterocycles. The number of ether oxygens (including phenoxy) is 6. The molecule has 0 aliphatic carbocycles. The second kappa shape index (κ2) is 57.3. The highest BCUT2D eigenvalue weighted by Gasteiger charge is 2.37. The van der Waals surface area contributed by atoms with Crippen molar-refractivity contribution in [1.82, 2.24) is 0 Å². The summed E-state index contributed by atoms with van der Waals surface area (Å²) in [5.41, 5.74) is 7.13. The third kappa shape index (κ3) is 35.1. The number of esters is 4. The molecule has 0 spiro atoms. The van der Waals surface area contributed by atoms with E-state index in [9.17, 15) is 58.8 Å². The van der Waals surface area contributed by atoms with Gasteiger partial charge in [-0.1, -0.05) is 161 Å². The van der Waals surface area contributed by atoms with Crippen LogP contribution in [0.3, 0.4) is 0 Å². The fraction of sp³-hybridized carbons (Fsp3) is 0.551. The van der Waals surface area contributed by atoms with Gasteiger partial charge in [-0.3, -0.25) is 19.2 Å². The molecule has 0 radical (unpaired) electrons. The minimum atomic E-state index is -0.465. The third-order valence-corrected chi connectivity index (χ3v) is 28.0. The van der Waals surface area contributed by atoms with Crippen molar-refractivity contribution in [3.05, 3.63) is 207 Å². The Morgan fingerprint density at radius 3 is 0.782 bits per heavy atom. The first-order chi connectivity index (χ1) is 63.5. The molecule has 4 aromatic heterocycles. The van der Waals surface area contributed by atoms with E-state index in [1.807, 2.05) is 208 Å². The Kier molecular flexibility index (Phi) is 47.2. The summed E-state index contributed by atoms with van der Waals surface area (Å²) >= 11 is 5.73. The summed E-state index contributed by atoms with van der Waals surface area (Å²) in [6.45, 7) is 25.0. The Balaban J connectivity index is 0.000000218. The monoisotopic (exact) mass is 1900 g/mol. The fourth-order valence-corrected chi connectivity index (χ4v) is 20.3. The standard InChI is InChI=1S/2C27H37NO4S.2C26H35NO5S.CH4/c2*1-4-5-6-10-24(29)20-11-13-22(14-12-20)28-21(15-18-26(28)30)8-7-9-23-16-17-25(33-23)27(31)32-19(2)3;2*1-4-5-6-7-23(28)19-8-10-20(11-9-19)27-21(12-15-25(27)29)16-31-17-22-13-14-24(33-22)26(30)32-18(2)3;/h2*11-14,16-17,19,21,24,29H,4-10,15,18H2,1-3H3;2*8-11,13-14,18,21,23,28H,4-7,12,15-17H2,1-3H3;1H4/t21-,24+;21-,24-;21-,23+;21-,23-;/m0011./s1. The van der Waals surface area contributed by atoms with Gasteiger partial charge in [-0.15, -0.1) is 45.3 Å². The predicted octanol–water partition coefficient (Wildman–Crippen LogP) is 24.8. The number of nitrogens with zero attached hydrogens (tertiary/aromatic N) is 4. The van der Waals surface area contributed by atoms with Crippen LogP contribution < -0.4 is 19.6 Å². The number of aryl methyl sites for hydroxylation is 2. The molecule has 12 rings (SSSR count). The summed E-state index contributed by atoms with van der Waals surface area (Å²) in [7, 11) is 0. The van der Waals surface area contributed by atoms with Crippen molar-refractivity contribution >= 4 is 116 Å². The fourth-order valence-electron chi connectivity index (χ4n) is 16.8. The molecule has 4 aromatic carbocycles. The van der Waals surface area contributed by atoms with Gasteiger partial charge in [0.2, 0.25) is 23.6 Å². The third-order valence-electron chi connectivity index (χ3n) is 23.7. The van der Waals surface area contributed by atoms with E-state index in [2.05, 4.69) is 27.7 Å². The average molecular weight is 1910 g/mol. The van der Waals surface area contributed by atoms with Crippen LogP contribution in [-0.2, 0) is 73.7 Å². The number of amides is 4. The maximum absolute atomic E-state index is 12.6. The number of aliphatic hydroxyl groups excluding tert-OH is 4. The van der Waals surface area contributed by atoms with Crippen LogP contribution in [0, 0.1) is 0 Å². The van der Waals surface area contributed by atoms with Crippen molar-refractivity contribution in [2.45, 2.75) is 369 Å². The van der Waals surface area contributed by atoms with Crippen molar-refractivity contribution < 1.29 is 87.2 Å². The highest BCUT2D eigenvalue weighted by atomic mass is 32.1. The predicted molar refractivity (Wildman–Crippen MR) is 536 cm³/mol. The molecule has 4 aliphatic rings. The quantitative estimate of drug-likeness (QED) is 0.0157. The number of thiophene rings is 4. The molecule has 4 N–H and O–H groups in total. The number of carbonyl (C=O) groups is 8. The van der Waals surface area contributed by atoms with Gasteiger partial charge in [-0.05, 0) is 265 Å². The van der Waals surface area contributed by atoms with Crippen LogP contribution in [0.25, 0.3) is 0 Å². The molecular formula is C107H148N4O18S4. The summed E-state index contributed by atoms with van der Waals surface area (Å²) in [5, 5.41) is 41.6. The van der Waals surface area contributed by atoms with E-state index < -0.39 is 24.4 Å². The summed E-state index contributed by atoms with van der Waals surface area (Å²) in [5.74, 6) is -0.609. The summed E-state index contributed by atoms with van der Waals surface area (Å²) in [6, 6.07) is 46.4. The van der Waals surface area contributed by atoms with E-state index in [1.54, 1.807) is 12.1 Å². The van der Waals surface area contributed by atoms with Gasteiger partial charge in [0.25, 0.3) is 0 Å². The first-order valence-electron chi connectivity index (χ1n) is 48.3. The van der Waals surface area contributed by atoms with E-state index in [4.69, 9.17) is 28.4 Å². The van der Waals surface area contributed by atoms with E-state index in [0.717, 1.165) is 222 Å². The smallest absolute Gasteiger partial charge is 0.348 e. The molecule has 0 bridgehead atoms. The average Bonchev–Trinajstić information content (AvgIpc) is 1.73. The molecule has 22 nitrogen and oxygen atoms in total. The lowest BCUT2D eigenvalue weighted by Crippen LogP contribution is -2.36. The second-order valence-corrected chi connectivity index (χ2v) is 40.6. The van der Waals surface area contributed by atoms with Crippen LogP contribution in [0.5, 0.6) is 0 Å². The van der Waals surface area contributed by atoms with Gasteiger partial charge in [0, 0.05) is 80.0 Å². The van der Waals surface area contributed by atoms with Crippen LogP contribution in [0.2, 0.25) is 0 Å². The molecule has 8 aromatic rings. The summed E-state index contributed by atoms with van der Waals surface area (Å²) < 4.78 is 32.8. The maximum atomic E-state index is 12.6. The molecule has 133 heavy (non-hydrogen) atoms.